The topological polar surface area (TPSA) is 29.5 Å². The zero-order valence-corrected chi connectivity index (χ0v) is 13.7. The lowest BCUT2D eigenvalue weighted by Crippen LogP contribution is -2.38. The molecule has 0 radical (unpaired) electrons. The fraction of sp³-hybridized carbons (Fsp3) is 0.500. The lowest BCUT2D eigenvalue weighted by molar-refractivity contribution is -0.150. The fourth-order valence-corrected chi connectivity index (χ4v) is 3.02. The van der Waals surface area contributed by atoms with Crippen molar-refractivity contribution in [1.29, 1.82) is 0 Å². The van der Waals surface area contributed by atoms with Crippen molar-refractivity contribution in [3.05, 3.63) is 27.3 Å². The quantitative estimate of drug-likeness (QED) is 0.609. The number of ether oxygens (including phenoxy) is 1. The molecule has 0 aliphatic heterocycles. The van der Waals surface area contributed by atoms with Crippen LogP contribution in [0.4, 0.5) is 5.69 Å². The van der Waals surface area contributed by atoms with Crippen molar-refractivity contribution in [2.75, 3.05) is 25.6 Å². The highest BCUT2D eigenvalue weighted by atomic mass is 127. The molecule has 1 aromatic carbocycles. The Balaban J connectivity index is 2.88. The third kappa shape index (κ3) is 3.60. The van der Waals surface area contributed by atoms with E-state index in [0.717, 1.165) is 5.69 Å². The Labute approximate surface area is 123 Å². The highest BCUT2D eigenvalue weighted by Gasteiger charge is 2.30. The van der Waals surface area contributed by atoms with E-state index < -0.39 is 5.41 Å². The average Bonchev–Trinajstić information content (AvgIpc) is 2.26. The molecule has 1 rings (SSSR count). The molecule has 0 N–H and O–H groups in total. The van der Waals surface area contributed by atoms with Crippen LogP contribution in [0.2, 0.25) is 0 Å². The number of anilines is 1. The summed E-state index contributed by atoms with van der Waals surface area (Å²) in [7, 11) is 3.43. The van der Waals surface area contributed by atoms with Gasteiger partial charge in [-0.15, -0.1) is 0 Å². The highest BCUT2D eigenvalue weighted by molar-refractivity contribution is 14.1. The number of halogens is 1. The third-order valence-corrected chi connectivity index (χ3v) is 3.75. The first kappa shape index (κ1) is 15.3. The van der Waals surface area contributed by atoms with Crippen LogP contribution in [0, 0.1) is 15.9 Å². The van der Waals surface area contributed by atoms with E-state index in [1.54, 1.807) is 0 Å². The predicted octanol–water partition coefficient (Wildman–Crippen LogP) is 3.24. The Morgan fingerprint density at radius 3 is 2.56 bits per heavy atom. The van der Waals surface area contributed by atoms with Gasteiger partial charge in [-0.3, -0.25) is 4.79 Å². The van der Waals surface area contributed by atoms with Crippen LogP contribution >= 0.6 is 22.6 Å². The summed E-state index contributed by atoms with van der Waals surface area (Å²) in [5.74, 6) is -0.184. The molecule has 0 fully saturated rings. The number of carbonyl (C=O) groups is 1. The maximum absolute atomic E-state index is 11.7. The molecule has 0 saturated heterocycles. The van der Waals surface area contributed by atoms with Crippen molar-refractivity contribution in [3.8, 4) is 0 Å². The van der Waals surface area contributed by atoms with Crippen molar-refractivity contribution >= 4 is 34.2 Å². The summed E-state index contributed by atoms with van der Waals surface area (Å²) in [4.78, 5) is 13.8. The molecule has 0 spiro atoms. The van der Waals surface area contributed by atoms with Crippen LogP contribution in [-0.2, 0) is 9.53 Å². The van der Waals surface area contributed by atoms with Gasteiger partial charge in [0.05, 0.1) is 12.5 Å². The van der Waals surface area contributed by atoms with E-state index in [1.165, 1.54) is 16.2 Å². The van der Waals surface area contributed by atoms with Gasteiger partial charge in [-0.25, -0.2) is 0 Å². The summed E-state index contributed by atoms with van der Waals surface area (Å²) in [5, 5.41) is 0. The molecule has 0 amide bonds. The highest BCUT2D eigenvalue weighted by Crippen LogP contribution is 2.26. The molecule has 0 heterocycles. The maximum Gasteiger partial charge on any atom is 0.313 e. The number of aryl methyl sites for hydroxylation is 1. The Morgan fingerprint density at radius 2 is 2.06 bits per heavy atom. The summed E-state index contributed by atoms with van der Waals surface area (Å²) >= 11 is 2.32. The van der Waals surface area contributed by atoms with Crippen molar-refractivity contribution < 1.29 is 9.53 Å². The first-order chi connectivity index (χ1) is 8.27. The second-order valence-corrected chi connectivity index (χ2v) is 6.35. The van der Waals surface area contributed by atoms with E-state index >= 15 is 0 Å². The van der Waals surface area contributed by atoms with E-state index in [1.807, 2.05) is 20.9 Å². The lowest BCUT2D eigenvalue weighted by atomic mass is 9.93. The zero-order valence-electron chi connectivity index (χ0n) is 11.6. The minimum Gasteiger partial charge on any atom is -0.469 e. The molecular formula is C14H20INO2. The zero-order chi connectivity index (χ0) is 13.9. The van der Waals surface area contributed by atoms with Gasteiger partial charge in [0.15, 0.2) is 0 Å². The van der Waals surface area contributed by atoms with Gasteiger partial charge in [-0.05, 0) is 61.1 Å². The monoisotopic (exact) mass is 361 g/mol. The van der Waals surface area contributed by atoms with E-state index in [9.17, 15) is 4.79 Å². The minimum absolute atomic E-state index is 0.184. The van der Waals surface area contributed by atoms with E-state index in [0.29, 0.717) is 6.54 Å². The smallest absolute Gasteiger partial charge is 0.313 e. The third-order valence-electron chi connectivity index (χ3n) is 2.88. The van der Waals surface area contributed by atoms with Crippen molar-refractivity contribution in [2.24, 2.45) is 5.41 Å². The van der Waals surface area contributed by atoms with Crippen LogP contribution in [-0.4, -0.2) is 26.7 Å². The standard InChI is InChI=1S/C14H20INO2/c1-10-6-7-12(11(15)8-10)16(4)9-14(2,3)13(17)18-5/h6-8H,9H2,1-5H3. The Hall–Kier alpha value is -0.780. The SMILES string of the molecule is COC(=O)C(C)(C)CN(C)c1ccc(C)cc1I. The van der Waals surface area contributed by atoms with Gasteiger partial charge in [0.1, 0.15) is 0 Å². The van der Waals surface area contributed by atoms with Crippen molar-refractivity contribution in [2.45, 2.75) is 20.8 Å². The Bertz CT molecular complexity index is 443. The van der Waals surface area contributed by atoms with Crippen LogP contribution in [0.3, 0.4) is 0 Å². The molecule has 3 nitrogen and oxygen atoms in total. The van der Waals surface area contributed by atoms with Gasteiger partial charge >= 0.3 is 5.97 Å². The number of esters is 1. The van der Waals surface area contributed by atoms with Gasteiger partial charge in [0.2, 0.25) is 0 Å². The molecule has 1 aromatic rings. The molecule has 0 aliphatic rings. The van der Waals surface area contributed by atoms with Crippen LogP contribution in [0.1, 0.15) is 19.4 Å². The minimum atomic E-state index is -0.516. The second kappa shape index (κ2) is 5.91. The number of nitrogens with zero attached hydrogens (tertiary/aromatic N) is 1. The summed E-state index contributed by atoms with van der Waals surface area (Å²) in [6, 6.07) is 6.31. The number of benzene rings is 1. The molecule has 0 atom stereocenters. The molecule has 0 aliphatic carbocycles. The van der Waals surface area contributed by atoms with Gasteiger partial charge in [0.25, 0.3) is 0 Å². The first-order valence-corrected chi connectivity index (χ1v) is 6.91. The normalized spacial score (nSPS) is 11.2. The summed E-state index contributed by atoms with van der Waals surface area (Å²) in [6.45, 7) is 6.50. The van der Waals surface area contributed by atoms with Crippen LogP contribution < -0.4 is 4.90 Å². The van der Waals surface area contributed by atoms with Gasteiger partial charge in [0, 0.05) is 22.8 Å². The van der Waals surface area contributed by atoms with Gasteiger partial charge < -0.3 is 9.64 Å². The van der Waals surface area contributed by atoms with Crippen molar-refractivity contribution in [3.63, 3.8) is 0 Å². The van der Waals surface area contributed by atoms with E-state index in [4.69, 9.17) is 4.74 Å². The molecule has 0 saturated carbocycles. The van der Waals surface area contributed by atoms with Crippen LogP contribution in [0.25, 0.3) is 0 Å². The Morgan fingerprint density at radius 1 is 1.44 bits per heavy atom. The Kier molecular flexibility index (Phi) is 5.01. The molecule has 4 heteroatoms. The summed E-state index contributed by atoms with van der Waals surface area (Å²) in [6.07, 6.45) is 0. The van der Waals surface area contributed by atoms with Crippen LogP contribution in [0.15, 0.2) is 18.2 Å². The number of rotatable bonds is 4. The summed E-state index contributed by atoms with van der Waals surface area (Å²) < 4.78 is 6.02. The molecule has 100 valence electrons. The largest absolute Gasteiger partial charge is 0.469 e. The maximum atomic E-state index is 11.7. The molecular weight excluding hydrogens is 341 g/mol. The first-order valence-electron chi connectivity index (χ1n) is 5.83. The van der Waals surface area contributed by atoms with Gasteiger partial charge in [-0.1, -0.05) is 6.07 Å². The van der Waals surface area contributed by atoms with Crippen LogP contribution in [0.5, 0.6) is 0 Å². The fourth-order valence-electron chi connectivity index (χ4n) is 1.94. The van der Waals surface area contributed by atoms with Crippen molar-refractivity contribution in [1.82, 2.24) is 0 Å². The average molecular weight is 361 g/mol. The number of hydrogen-bond donors (Lipinski definition) is 0. The van der Waals surface area contributed by atoms with E-state index in [2.05, 4.69) is 52.6 Å². The second-order valence-electron chi connectivity index (χ2n) is 5.19. The predicted molar refractivity (Wildman–Crippen MR) is 83.0 cm³/mol. The van der Waals surface area contributed by atoms with Gasteiger partial charge in [-0.2, -0.15) is 0 Å². The number of carbonyl (C=O) groups excluding carboxylic acids is 1. The summed E-state index contributed by atoms with van der Waals surface area (Å²) in [5.41, 5.74) is 1.86. The number of methoxy groups -OCH3 is 1. The number of hydrogen-bond acceptors (Lipinski definition) is 3. The lowest BCUT2D eigenvalue weighted by Gasteiger charge is -2.30. The molecule has 0 unspecified atom stereocenters. The molecule has 18 heavy (non-hydrogen) atoms. The molecule has 0 aromatic heterocycles. The van der Waals surface area contributed by atoms with E-state index in [-0.39, 0.29) is 5.97 Å². The molecule has 0 bridgehead atoms.